The maximum absolute atomic E-state index is 11.6. The Morgan fingerprint density at radius 1 is 1.59 bits per heavy atom. The van der Waals surface area contributed by atoms with E-state index in [0.717, 1.165) is 0 Å². The predicted octanol–water partition coefficient (Wildman–Crippen LogP) is -1.51. The van der Waals surface area contributed by atoms with Crippen LogP contribution in [-0.2, 0) is 4.74 Å². The van der Waals surface area contributed by atoms with Gasteiger partial charge in [0.05, 0.1) is 12.7 Å². The van der Waals surface area contributed by atoms with Crippen LogP contribution in [0.25, 0.3) is 0 Å². The monoisotopic (exact) mass is 243 g/mol. The van der Waals surface area contributed by atoms with Gasteiger partial charge in [0.25, 0.3) is 5.56 Å². The second kappa shape index (κ2) is 4.44. The fraction of sp³-hybridized carbons (Fsp3) is 0.600. The molecule has 1 aromatic rings. The Hall–Kier alpha value is -1.44. The average Bonchev–Trinajstić information content (AvgIpc) is 2.65. The summed E-state index contributed by atoms with van der Waals surface area (Å²) >= 11 is 0. The van der Waals surface area contributed by atoms with Crippen LogP contribution >= 0.6 is 0 Å². The molecule has 3 atom stereocenters. The molecule has 7 nitrogen and oxygen atoms in total. The van der Waals surface area contributed by atoms with Crippen molar-refractivity contribution in [2.24, 2.45) is 0 Å². The van der Waals surface area contributed by atoms with Crippen molar-refractivity contribution in [3.05, 3.63) is 32.6 Å². The number of aliphatic hydroxyl groups excluding tert-OH is 2. The SMILES string of the molecule is [13CH3]c1cn([C@H]2C[C@H](O)[C@@H](CO)O2)c(=O)[nH]c1=O. The van der Waals surface area contributed by atoms with E-state index < -0.39 is 29.7 Å². The molecule has 3 N–H and O–H groups in total. The molecule has 0 unspecified atom stereocenters. The van der Waals surface area contributed by atoms with Gasteiger partial charge in [-0.1, -0.05) is 0 Å². The van der Waals surface area contributed by atoms with Gasteiger partial charge in [0.2, 0.25) is 0 Å². The number of aliphatic hydroxyl groups is 2. The number of hydrogen-bond donors (Lipinski definition) is 3. The smallest absolute Gasteiger partial charge is 0.330 e. The van der Waals surface area contributed by atoms with Gasteiger partial charge in [-0.3, -0.25) is 14.3 Å². The van der Waals surface area contributed by atoms with Gasteiger partial charge >= 0.3 is 5.69 Å². The summed E-state index contributed by atoms with van der Waals surface area (Å²) in [5.41, 5.74) is -0.643. The summed E-state index contributed by atoms with van der Waals surface area (Å²) in [6.07, 6.45) is -0.581. The average molecular weight is 243 g/mol. The minimum atomic E-state index is -0.816. The highest BCUT2D eigenvalue weighted by molar-refractivity contribution is 5.02. The third-order valence-electron chi connectivity index (χ3n) is 2.84. The molecule has 1 aliphatic rings. The molecule has 0 bridgehead atoms. The van der Waals surface area contributed by atoms with Crippen molar-refractivity contribution in [2.75, 3.05) is 6.61 Å². The minimum Gasteiger partial charge on any atom is -0.394 e. The van der Waals surface area contributed by atoms with Gasteiger partial charge < -0.3 is 14.9 Å². The lowest BCUT2D eigenvalue weighted by Gasteiger charge is -2.14. The fourth-order valence-corrected chi connectivity index (χ4v) is 1.85. The maximum Gasteiger partial charge on any atom is 0.330 e. The topological polar surface area (TPSA) is 105 Å². The highest BCUT2D eigenvalue weighted by Crippen LogP contribution is 2.27. The predicted molar refractivity (Wildman–Crippen MR) is 57.7 cm³/mol. The number of ether oxygens (including phenoxy) is 1. The normalized spacial score (nSPS) is 28.5. The standard InChI is InChI=1S/C10H14N2O5/c1-5-3-12(10(16)11-9(5)15)8-2-6(14)7(4-13)17-8/h3,6-8,13-14H,2,4H2,1H3,(H,11,15,16)/t6-,7+,8+/m0/s1/i1+1. The Kier molecular flexibility index (Phi) is 3.14. The van der Waals surface area contributed by atoms with Crippen LogP contribution < -0.4 is 11.2 Å². The zero-order chi connectivity index (χ0) is 12.6. The number of hydrogen-bond acceptors (Lipinski definition) is 5. The largest absolute Gasteiger partial charge is 0.394 e. The van der Waals surface area contributed by atoms with Crippen molar-refractivity contribution in [3.8, 4) is 0 Å². The summed E-state index contributed by atoms with van der Waals surface area (Å²) in [5, 5.41) is 18.5. The van der Waals surface area contributed by atoms with Crippen LogP contribution in [0, 0.1) is 6.92 Å². The van der Waals surface area contributed by atoms with E-state index in [0.29, 0.717) is 5.56 Å². The van der Waals surface area contributed by atoms with Crippen molar-refractivity contribution in [1.82, 2.24) is 9.55 Å². The molecule has 0 aromatic carbocycles. The van der Waals surface area contributed by atoms with Crippen LogP contribution in [0.5, 0.6) is 0 Å². The van der Waals surface area contributed by atoms with Crippen LogP contribution in [0.15, 0.2) is 15.8 Å². The van der Waals surface area contributed by atoms with E-state index >= 15 is 0 Å². The first-order valence-corrected chi connectivity index (χ1v) is 5.29. The fourth-order valence-electron chi connectivity index (χ4n) is 1.85. The molecule has 94 valence electrons. The quantitative estimate of drug-likeness (QED) is 0.547. The van der Waals surface area contributed by atoms with Crippen molar-refractivity contribution >= 4 is 0 Å². The summed E-state index contributed by atoms with van der Waals surface area (Å²) in [6, 6.07) is 0. The number of rotatable bonds is 2. The lowest BCUT2D eigenvalue weighted by molar-refractivity contribution is -0.0459. The van der Waals surface area contributed by atoms with Gasteiger partial charge in [-0.15, -0.1) is 0 Å². The van der Waals surface area contributed by atoms with E-state index in [1.807, 2.05) is 0 Å². The second-order valence-electron chi connectivity index (χ2n) is 4.09. The first kappa shape index (κ1) is 12.0. The minimum absolute atomic E-state index is 0.205. The molecule has 7 heteroatoms. The molecular formula is C10H14N2O5. The maximum atomic E-state index is 11.6. The van der Waals surface area contributed by atoms with Crippen LogP contribution in [0.4, 0.5) is 0 Å². The van der Waals surface area contributed by atoms with Crippen LogP contribution in [0.3, 0.4) is 0 Å². The molecule has 1 saturated heterocycles. The molecule has 1 aromatic heterocycles. The number of nitrogens with zero attached hydrogens (tertiary/aromatic N) is 1. The lowest BCUT2D eigenvalue weighted by atomic mass is 10.2. The number of nitrogens with one attached hydrogen (secondary N) is 1. The van der Waals surface area contributed by atoms with Gasteiger partial charge in [0.1, 0.15) is 12.3 Å². The van der Waals surface area contributed by atoms with Crippen molar-refractivity contribution in [2.45, 2.75) is 31.8 Å². The van der Waals surface area contributed by atoms with E-state index in [2.05, 4.69) is 4.98 Å². The van der Waals surface area contributed by atoms with Gasteiger partial charge in [-0.2, -0.15) is 0 Å². The molecule has 2 heterocycles. The molecule has 0 spiro atoms. The number of aromatic amines is 1. The molecule has 2 rings (SSSR count). The number of aromatic nitrogens is 2. The van der Waals surface area contributed by atoms with Gasteiger partial charge in [-0.05, 0) is 6.92 Å². The zero-order valence-electron chi connectivity index (χ0n) is 9.29. The Balaban J connectivity index is 2.34. The summed E-state index contributed by atoms with van der Waals surface area (Å²) in [5.74, 6) is 0. The highest BCUT2D eigenvalue weighted by Gasteiger charge is 2.34. The number of aryl methyl sites for hydroxylation is 1. The molecule has 17 heavy (non-hydrogen) atoms. The van der Waals surface area contributed by atoms with Crippen LogP contribution in [0.1, 0.15) is 18.2 Å². The van der Waals surface area contributed by atoms with Crippen molar-refractivity contribution in [1.29, 1.82) is 0 Å². The Morgan fingerprint density at radius 3 is 2.88 bits per heavy atom. The van der Waals surface area contributed by atoms with Crippen molar-refractivity contribution < 1.29 is 14.9 Å². The van der Waals surface area contributed by atoms with Crippen molar-refractivity contribution in [3.63, 3.8) is 0 Å². The molecular weight excluding hydrogens is 229 g/mol. The molecule has 1 fully saturated rings. The summed E-state index contributed by atoms with van der Waals surface area (Å²) in [7, 11) is 0. The first-order valence-electron chi connectivity index (χ1n) is 5.29. The number of H-pyrrole nitrogens is 1. The molecule has 0 saturated carbocycles. The summed E-state index contributed by atoms with van der Waals surface area (Å²) in [6.45, 7) is 1.26. The van der Waals surface area contributed by atoms with E-state index in [1.54, 1.807) is 6.92 Å². The van der Waals surface area contributed by atoms with Gasteiger partial charge in [0, 0.05) is 18.2 Å². The Morgan fingerprint density at radius 2 is 2.29 bits per heavy atom. The van der Waals surface area contributed by atoms with E-state index in [-0.39, 0.29) is 13.0 Å². The van der Waals surface area contributed by atoms with Gasteiger partial charge in [-0.25, -0.2) is 4.79 Å². The molecule has 0 radical (unpaired) electrons. The lowest BCUT2D eigenvalue weighted by Crippen LogP contribution is -2.33. The Bertz CT molecular complexity index is 520. The summed E-state index contributed by atoms with van der Waals surface area (Å²) in [4.78, 5) is 24.9. The zero-order valence-corrected chi connectivity index (χ0v) is 9.29. The molecule has 1 aliphatic heterocycles. The third-order valence-corrected chi connectivity index (χ3v) is 2.84. The second-order valence-corrected chi connectivity index (χ2v) is 4.09. The van der Waals surface area contributed by atoms with Gasteiger partial charge in [0.15, 0.2) is 0 Å². The third kappa shape index (κ3) is 2.17. The highest BCUT2D eigenvalue weighted by atomic mass is 16.5. The molecule has 0 amide bonds. The van der Waals surface area contributed by atoms with E-state index in [4.69, 9.17) is 9.84 Å². The first-order chi connectivity index (χ1) is 8.02. The van der Waals surface area contributed by atoms with Crippen LogP contribution in [0.2, 0.25) is 0 Å². The molecule has 0 aliphatic carbocycles. The summed E-state index contributed by atoms with van der Waals surface area (Å²) < 4.78 is 6.54. The van der Waals surface area contributed by atoms with E-state index in [1.165, 1.54) is 10.8 Å². The Labute approximate surface area is 96.3 Å². The van der Waals surface area contributed by atoms with E-state index in [9.17, 15) is 14.7 Å². The van der Waals surface area contributed by atoms with Crippen LogP contribution in [-0.4, -0.2) is 38.6 Å².